The van der Waals surface area contributed by atoms with Crippen LogP contribution in [0.1, 0.15) is 31.1 Å². The Kier molecular flexibility index (Phi) is 8.78. The number of rotatable bonds is 8. The predicted molar refractivity (Wildman–Crippen MR) is 151 cm³/mol. The van der Waals surface area contributed by atoms with Crippen LogP contribution in [0.3, 0.4) is 0 Å². The Morgan fingerprint density at radius 3 is 2.53 bits per heavy atom. The molecule has 0 unspecified atom stereocenters. The molecular weight excluding hydrogens is 594 g/mol. The summed E-state index contributed by atoms with van der Waals surface area (Å²) in [7, 11) is -1.17. The van der Waals surface area contributed by atoms with Gasteiger partial charge in [-0.3, -0.25) is 14.7 Å². The van der Waals surface area contributed by atoms with Gasteiger partial charge in [-0.25, -0.2) is 14.2 Å². The zero-order valence-electron chi connectivity index (χ0n) is 21.4. The summed E-state index contributed by atoms with van der Waals surface area (Å²) >= 11 is 2.21. The average molecular weight is 627 g/mol. The van der Waals surface area contributed by atoms with Crippen LogP contribution in [-0.4, -0.2) is 41.8 Å². The van der Waals surface area contributed by atoms with Crippen molar-refractivity contribution in [3.63, 3.8) is 0 Å². The van der Waals surface area contributed by atoms with E-state index in [0.717, 1.165) is 21.2 Å². The topological polar surface area (TPSA) is 94.5 Å². The number of nitrogens with zero attached hydrogens (tertiary/aromatic N) is 2. The number of carbonyl (C=O) groups excluding carboxylic acids is 2. The highest BCUT2D eigenvalue weighted by molar-refractivity contribution is 14.1. The van der Waals surface area contributed by atoms with Crippen LogP contribution >= 0.6 is 22.6 Å². The Balaban J connectivity index is 1.71. The molecule has 0 bridgehead atoms. The third-order valence-corrected chi connectivity index (χ3v) is 7.62. The van der Waals surface area contributed by atoms with Crippen molar-refractivity contribution in [1.29, 1.82) is 0 Å². The molecule has 0 fully saturated rings. The Morgan fingerprint density at radius 2 is 1.86 bits per heavy atom. The fourth-order valence-electron chi connectivity index (χ4n) is 3.21. The first kappa shape index (κ1) is 28.1. The molecule has 0 atom stereocenters. The van der Waals surface area contributed by atoms with Gasteiger partial charge in [0.05, 0.1) is 15.0 Å². The second kappa shape index (κ2) is 11.3. The minimum atomic E-state index is -1.17. The monoisotopic (exact) mass is 626 g/mol. The van der Waals surface area contributed by atoms with Crippen LogP contribution in [0.15, 0.2) is 36.5 Å². The van der Waals surface area contributed by atoms with E-state index in [2.05, 4.69) is 57.8 Å². The lowest BCUT2D eigenvalue weighted by Gasteiger charge is -2.19. The molecule has 2 heterocycles. The summed E-state index contributed by atoms with van der Waals surface area (Å²) < 4.78 is 28.4. The van der Waals surface area contributed by atoms with Gasteiger partial charge < -0.3 is 14.8 Å². The number of aromatic nitrogens is 2. The summed E-state index contributed by atoms with van der Waals surface area (Å²) in [6, 6.07) is 8.59. The average Bonchev–Trinajstić information content (AvgIpc) is 3.05. The first-order valence-electron chi connectivity index (χ1n) is 11.6. The standard InChI is InChI=1S/C25H32FIN4O4Si/c1-25(2,3)35-24(33)29-18-7-8-19(26)20(13-18)30-23(32)17-11-16-12-21(27)31(22(16)28-14-17)15-34-9-10-36(4,5)6/h7-8,11-14H,9-10,15H2,1-6H3,(H,29,33)(H,30,32). The number of pyridine rings is 1. The first-order valence-corrected chi connectivity index (χ1v) is 16.3. The molecule has 2 amide bonds. The number of nitrogens with one attached hydrogen (secondary N) is 2. The molecule has 36 heavy (non-hydrogen) atoms. The molecule has 0 saturated carbocycles. The lowest BCUT2D eigenvalue weighted by Crippen LogP contribution is -2.27. The second-order valence-corrected chi connectivity index (χ2v) is 17.4. The van der Waals surface area contributed by atoms with E-state index in [9.17, 15) is 14.0 Å². The Labute approximate surface area is 225 Å². The highest BCUT2D eigenvalue weighted by Crippen LogP contribution is 2.24. The third-order valence-electron chi connectivity index (χ3n) is 5.02. The van der Waals surface area contributed by atoms with Crippen LogP contribution in [-0.2, 0) is 16.2 Å². The maximum atomic E-state index is 14.4. The van der Waals surface area contributed by atoms with Gasteiger partial charge in [0.1, 0.15) is 23.8 Å². The largest absolute Gasteiger partial charge is 0.444 e. The maximum Gasteiger partial charge on any atom is 0.412 e. The van der Waals surface area contributed by atoms with Gasteiger partial charge in [0, 0.05) is 32.0 Å². The molecule has 3 rings (SSSR count). The van der Waals surface area contributed by atoms with Crippen molar-refractivity contribution in [2.45, 2.75) is 58.8 Å². The second-order valence-electron chi connectivity index (χ2n) is 10.7. The van der Waals surface area contributed by atoms with Crippen molar-refractivity contribution in [2.75, 3.05) is 17.2 Å². The molecule has 0 aliphatic heterocycles. The Morgan fingerprint density at radius 1 is 1.14 bits per heavy atom. The summed E-state index contributed by atoms with van der Waals surface area (Å²) in [5.74, 6) is -1.16. The normalized spacial score (nSPS) is 12.0. The smallest absolute Gasteiger partial charge is 0.412 e. The number of ether oxygens (including phenoxy) is 2. The number of carbonyl (C=O) groups is 2. The van der Waals surface area contributed by atoms with Crippen molar-refractivity contribution in [1.82, 2.24) is 9.55 Å². The highest BCUT2D eigenvalue weighted by Gasteiger charge is 2.18. The molecule has 0 radical (unpaired) electrons. The molecule has 0 aliphatic carbocycles. The fraction of sp³-hybridized carbons (Fsp3) is 0.400. The van der Waals surface area contributed by atoms with E-state index in [0.29, 0.717) is 19.0 Å². The number of halogens is 2. The fourth-order valence-corrected chi connectivity index (χ4v) is 4.67. The van der Waals surface area contributed by atoms with E-state index in [1.807, 2.05) is 10.6 Å². The first-order chi connectivity index (χ1) is 16.7. The summed E-state index contributed by atoms with van der Waals surface area (Å²) in [4.78, 5) is 29.3. The van der Waals surface area contributed by atoms with Crippen LogP contribution in [0.2, 0.25) is 25.7 Å². The van der Waals surface area contributed by atoms with Crippen molar-refractivity contribution in [3.05, 3.63) is 51.6 Å². The number of amides is 2. The number of hydrogen-bond donors (Lipinski definition) is 2. The third kappa shape index (κ3) is 8.00. The van der Waals surface area contributed by atoms with E-state index in [4.69, 9.17) is 9.47 Å². The van der Waals surface area contributed by atoms with E-state index in [-0.39, 0.29) is 16.9 Å². The SMILES string of the molecule is CC(C)(C)OC(=O)Nc1ccc(F)c(NC(=O)c2cnc3c(c2)cc(I)n3COCC[Si](C)(C)C)c1. The van der Waals surface area contributed by atoms with Crippen molar-refractivity contribution < 1.29 is 23.5 Å². The number of hydrogen-bond acceptors (Lipinski definition) is 5. The van der Waals surface area contributed by atoms with E-state index in [1.54, 1.807) is 26.8 Å². The number of fused-ring (bicyclic) bond motifs is 1. The molecule has 194 valence electrons. The van der Waals surface area contributed by atoms with Crippen LogP contribution in [0.25, 0.3) is 11.0 Å². The molecule has 0 saturated heterocycles. The van der Waals surface area contributed by atoms with Crippen LogP contribution in [0.4, 0.5) is 20.6 Å². The van der Waals surface area contributed by atoms with Crippen LogP contribution in [0, 0.1) is 9.52 Å². The van der Waals surface area contributed by atoms with Gasteiger partial charge in [-0.05, 0) is 79.7 Å². The van der Waals surface area contributed by atoms with Gasteiger partial charge in [-0.2, -0.15) is 0 Å². The molecular formula is C25H32FIN4O4Si. The lowest BCUT2D eigenvalue weighted by molar-refractivity contribution is 0.0635. The molecule has 8 nitrogen and oxygen atoms in total. The summed E-state index contributed by atoms with van der Waals surface area (Å²) in [6.45, 7) is 13.2. The Bertz CT molecular complexity index is 1270. The summed E-state index contributed by atoms with van der Waals surface area (Å²) in [6.07, 6.45) is 0.775. The minimum Gasteiger partial charge on any atom is -0.444 e. The lowest BCUT2D eigenvalue weighted by atomic mass is 10.2. The summed E-state index contributed by atoms with van der Waals surface area (Å²) in [5, 5.41) is 5.87. The quantitative estimate of drug-likeness (QED) is 0.165. The van der Waals surface area contributed by atoms with E-state index in [1.165, 1.54) is 18.3 Å². The van der Waals surface area contributed by atoms with Gasteiger partial charge in [0.2, 0.25) is 0 Å². The van der Waals surface area contributed by atoms with Gasteiger partial charge in [-0.15, -0.1) is 0 Å². The maximum absolute atomic E-state index is 14.4. The molecule has 3 aromatic rings. The molecule has 2 N–H and O–H groups in total. The van der Waals surface area contributed by atoms with E-state index < -0.39 is 31.5 Å². The van der Waals surface area contributed by atoms with E-state index >= 15 is 0 Å². The number of anilines is 2. The molecule has 0 spiro atoms. The number of benzene rings is 1. The molecule has 1 aromatic carbocycles. The Hall–Kier alpha value is -2.51. The van der Waals surface area contributed by atoms with Gasteiger partial charge >= 0.3 is 6.09 Å². The molecule has 2 aromatic heterocycles. The predicted octanol–water partition coefficient (Wildman–Crippen LogP) is 6.69. The molecule has 0 aliphatic rings. The van der Waals surface area contributed by atoms with Gasteiger partial charge in [0.25, 0.3) is 5.91 Å². The van der Waals surface area contributed by atoms with Crippen molar-refractivity contribution in [2.24, 2.45) is 0 Å². The highest BCUT2D eigenvalue weighted by atomic mass is 127. The van der Waals surface area contributed by atoms with Crippen molar-refractivity contribution in [3.8, 4) is 0 Å². The summed E-state index contributed by atoms with van der Waals surface area (Å²) in [5.41, 5.74) is 0.523. The van der Waals surface area contributed by atoms with Gasteiger partial charge in [-0.1, -0.05) is 19.6 Å². The van der Waals surface area contributed by atoms with Crippen LogP contribution in [0.5, 0.6) is 0 Å². The van der Waals surface area contributed by atoms with Crippen LogP contribution < -0.4 is 10.6 Å². The zero-order chi connectivity index (χ0) is 26.7. The van der Waals surface area contributed by atoms with Gasteiger partial charge in [0.15, 0.2) is 0 Å². The minimum absolute atomic E-state index is 0.0726. The van der Waals surface area contributed by atoms with Crippen molar-refractivity contribution >= 4 is 65.1 Å². The molecule has 11 heteroatoms. The zero-order valence-corrected chi connectivity index (χ0v) is 24.5.